The summed E-state index contributed by atoms with van der Waals surface area (Å²) in [6.07, 6.45) is 2.86. The van der Waals surface area contributed by atoms with Crippen LogP contribution in [-0.4, -0.2) is 56.8 Å². The van der Waals surface area contributed by atoms with Gasteiger partial charge in [0.1, 0.15) is 0 Å². The molecule has 1 atom stereocenters. The van der Waals surface area contributed by atoms with E-state index in [2.05, 4.69) is 27.8 Å². The molecule has 2 aromatic carbocycles. The highest BCUT2D eigenvalue weighted by Gasteiger charge is 2.26. The molecule has 1 fully saturated rings. The molecule has 1 amide bonds. The van der Waals surface area contributed by atoms with Crippen LogP contribution in [0.5, 0.6) is 0 Å². The minimum absolute atomic E-state index is 0.162. The Kier molecular flexibility index (Phi) is 6.74. The number of piperidine rings is 1. The molecule has 0 saturated carbocycles. The van der Waals surface area contributed by atoms with E-state index in [4.69, 9.17) is 0 Å². The van der Waals surface area contributed by atoms with Crippen LogP contribution < -0.4 is 4.72 Å². The third kappa shape index (κ3) is 5.53. The minimum atomic E-state index is -3.51. The fourth-order valence-electron chi connectivity index (χ4n) is 4.49. The van der Waals surface area contributed by atoms with Crippen LogP contribution >= 0.6 is 0 Å². The maximum atomic E-state index is 12.9. The summed E-state index contributed by atoms with van der Waals surface area (Å²) in [6.45, 7) is 5.82. The number of likely N-dealkylation sites (tertiary alicyclic amines) is 1. The number of benzene rings is 2. The van der Waals surface area contributed by atoms with E-state index < -0.39 is 10.0 Å². The highest BCUT2D eigenvalue weighted by Crippen LogP contribution is 2.20. The Hall–Kier alpha value is -2.22. The van der Waals surface area contributed by atoms with E-state index >= 15 is 0 Å². The second-order valence-electron chi connectivity index (χ2n) is 8.74. The molecule has 31 heavy (non-hydrogen) atoms. The van der Waals surface area contributed by atoms with Crippen LogP contribution in [0.15, 0.2) is 53.4 Å². The predicted octanol–water partition coefficient (Wildman–Crippen LogP) is 2.57. The van der Waals surface area contributed by atoms with Gasteiger partial charge >= 0.3 is 0 Å². The van der Waals surface area contributed by atoms with Crippen LogP contribution in [0, 0.1) is 12.8 Å². The van der Waals surface area contributed by atoms with Crippen LogP contribution in [-0.2, 0) is 27.8 Å². The summed E-state index contributed by atoms with van der Waals surface area (Å²) in [4.78, 5) is 17.3. The molecule has 2 heterocycles. The largest absolute Gasteiger partial charge is 0.337 e. The Morgan fingerprint density at radius 3 is 2.58 bits per heavy atom. The molecule has 6 nitrogen and oxygen atoms in total. The third-order valence-electron chi connectivity index (χ3n) is 6.34. The van der Waals surface area contributed by atoms with Gasteiger partial charge in [-0.3, -0.25) is 9.69 Å². The number of nitrogens with zero attached hydrogens (tertiary/aromatic N) is 2. The lowest BCUT2D eigenvalue weighted by molar-refractivity contribution is -0.133. The smallest absolute Gasteiger partial charge is 0.240 e. The summed E-state index contributed by atoms with van der Waals surface area (Å²) < 4.78 is 27.9. The number of aryl methyl sites for hydroxylation is 1. The Morgan fingerprint density at radius 2 is 1.81 bits per heavy atom. The van der Waals surface area contributed by atoms with Crippen molar-refractivity contribution in [1.82, 2.24) is 14.5 Å². The summed E-state index contributed by atoms with van der Waals surface area (Å²) in [5.41, 5.74) is 3.61. The number of hydrogen-bond acceptors (Lipinski definition) is 4. The van der Waals surface area contributed by atoms with E-state index in [-0.39, 0.29) is 11.8 Å². The van der Waals surface area contributed by atoms with Gasteiger partial charge in [-0.1, -0.05) is 42.0 Å². The van der Waals surface area contributed by atoms with Crippen LogP contribution in [0.1, 0.15) is 29.5 Å². The standard InChI is InChI=1S/C24H31N3O3S/c1-19-8-10-23(11-9-19)31(29,30)25-15-20-5-4-13-26(16-20)18-24(28)27-14-12-21-6-2-3-7-22(21)17-27/h2-3,6-11,20,25H,4-5,12-18H2,1H3. The molecular weight excluding hydrogens is 410 g/mol. The predicted molar refractivity (Wildman–Crippen MR) is 121 cm³/mol. The number of amides is 1. The van der Waals surface area contributed by atoms with Gasteiger partial charge in [0.25, 0.3) is 0 Å². The van der Waals surface area contributed by atoms with E-state index in [1.807, 2.05) is 30.0 Å². The van der Waals surface area contributed by atoms with Gasteiger partial charge in [0, 0.05) is 26.2 Å². The Labute approximate surface area is 185 Å². The van der Waals surface area contributed by atoms with Crippen molar-refractivity contribution in [2.45, 2.75) is 37.6 Å². The summed E-state index contributed by atoms with van der Waals surface area (Å²) >= 11 is 0. The average molecular weight is 442 g/mol. The highest BCUT2D eigenvalue weighted by molar-refractivity contribution is 7.89. The molecule has 0 spiro atoms. The minimum Gasteiger partial charge on any atom is -0.337 e. The Bertz CT molecular complexity index is 1020. The van der Waals surface area contributed by atoms with Gasteiger partial charge < -0.3 is 4.90 Å². The fourth-order valence-corrected chi connectivity index (χ4v) is 5.61. The first-order chi connectivity index (χ1) is 14.9. The molecule has 0 bridgehead atoms. The van der Waals surface area contributed by atoms with Gasteiger partial charge in [0.2, 0.25) is 15.9 Å². The number of carbonyl (C=O) groups is 1. The molecule has 7 heteroatoms. The number of carbonyl (C=O) groups excluding carboxylic acids is 1. The second kappa shape index (κ2) is 9.51. The van der Waals surface area contributed by atoms with Gasteiger partial charge in [-0.15, -0.1) is 0 Å². The summed E-state index contributed by atoms with van der Waals surface area (Å²) in [6, 6.07) is 15.2. The molecule has 1 saturated heterocycles. The van der Waals surface area contributed by atoms with Crippen LogP contribution in [0.4, 0.5) is 0 Å². The van der Waals surface area contributed by atoms with Gasteiger partial charge in [-0.25, -0.2) is 13.1 Å². The Balaban J connectivity index is 1.28. The molecular formula is C24H31N3O3S. The summed E-state index contributed by atoms with van der Waals surface area (Å²) in [7, 11) is -3.51. The highest BCUT2D eigenvalue weighted by atomic mass is 32.2. The van der Waals surface area contributed by atoms with Crippen LogP contribution in [0.2, 0.25) is 0 Å². The molecule has 1 N–H and O–H groups in total. The third-order valence-corrected chi connectivity index (χ3v) is 7.78. The monoisotopic (exact) mass is 441 g/mol. The number of hydrogen-bond donors (Lipinski definition) is 1. The average Bonchev–Trinajstić information content (AvgIpc) is 2.78. The fraction of sp³-hybridized carbons (Fsp3) is 0.458. The van der Waals surface area contributed by atoms with Gasteiger partial charge in [-0.05, 0) is 61.9 Å². The van der Waals surface area contributed by atoms with Crippen molar-refractivity contribution >= 4 is 15.9 Å². The number of nitrogens with one attached hydrogen (secondary N) is 1. The van der Waals surface area contributed by atoms with E-state index in [1.165, 1.54) is 11.1 Å². The van der Waals surface area contributed by atoms with Crippen LogP contribution in [0.25, 0.3) is 0 Å². The maximum Gasteiger partial charge on any atom is 0.240 e. The second-order valence-corrected chi connectivity index (χ2v) is 10.5. The normalized spacial score (nSPS) is 19.8. The molecule has 0 aliphatic carbocycles. The van der Waals surface area contributed by atoms with Gasteiger partial charge in [0.05, 0.1) is 11.4 Å². The molecule has 2 aromatic rings. The Morgan fingerprint density at radius 1 is 1.06 bits per heavy atom. The maximum absolute atomic E-state index is 12.9. The number of sulfonamides is 1. The lowest BCUT2D eigenvalue weighted by Gasteiger charge is -2.35. The molecule has 0 aromatic heterocycles. The zero-order valence-electron chi connectivity index (χ0n) is 18.1. The lowest BCUT2D eigenvalue weighted by atomic mass is 9.98. The first-order valence-corrected chi connectivity index (χ1v) is 12.5. The zero-order valence-corrected chi connectivity index (χ0v) is 18.9. The van der Waals surface area contributed by atoms with Crippen molar-refractivity contribution in [2.24, 2.45) is 5.92 Å². The number of rotatable bonds is 6. The lowest BCUT2D eigenvalue weighted by Crippen LogP contribution is -2.47. The molecule has 4 rings (SSSR count). The van der Waals surface area contributed by atoms with E-state index in [0.29, 0.717) is 24.5 Å². The molecule has 1 unspecified atom stereocenters. The van der Waals surface area contributed by atoms with Gasteiger partial charge in [0.15, 0.2) is 0 Å². The van der Waals surface area contributed by atoms with Crippen molar-refractivity contribution < 1.29 is 13.2 Å². The van der Waals surface area contributed by atoms with Gasteiger partial charge in [-0.2, -0.15) is 0 Å². The van der Waals surface area contributed by atoms with Crippen molar-refractivity contribution in [3.8, 4) is 0 Å². The first-order valence-electron chi connectivity index (χ1n) is 11.0. The molecule has 2 aliphatic rings. The topological polar surface area (TPSA) is 69.7 Å². The van der Waals surface area contributed by atoms with Crippen molar-refractivity contribution in [1.29, 1.82) is 0 Å². The quantitative estimate of drug-likeness (QED) is 0.748. The summed E-state index contributed by atoms with van der Waals surface area (Å²) in [5.74, 6) is 0.374. The van der Waals surface area contributed by atoms with Crippen molar-refractivity contribution in [3.63, 3.8) is 0 Å². The van der Waals surface area contributed by atoms with Crippen molar-refractivity contribution in [3.05, 3.63) is 65.2 Å². The SMILES string of the molecule is Cc1ccc(S(=O)(=O)NCC2CCCN(CC(=O)N3CCc4ccccc4C3)C2)cc1. The molecule has 166 valence electrons. The van der Waals surface area contributed by atoms with Crippen molar-refractivity contribution in [2.75, 3.05) is 32.7 Å². The van der Waals surface area contributed by atoms with Crippen LogP contribution in [0.3, 0.4) is 0 Å². The van der Waals surface area contributed by atoms with E-state index in [1.54, 1.807) is 12.1 Å². The molecule has 2 aliphatic heterocycles. The number of fused-ring (bicyclic) bond motifs is 1. The van der Waals surface area contributed by atoms with E-state index in [9.17, 15) is 13.2 Å². The molecule has 0 radical (unpaired) electrons. The zero-order chi connectivity index (χ0) is 21.8. The summed E-state index contributed by atoms with van der Waals surface area (Å²) in [5, 5.41) is 0. The van der Waals surface area contributed by atoms with E-state index in [0.717, 1.165) is 44.5 Å². The first kappa shape index (κ1) is 22.0.